The van der Waals surface area contributed by atoms with Crippen molar-refractivity contribution in [1.29, 1.82) is 0 Å². The number of allylic oxidation sites excluding steroid dienone is 3. The largest absolute Gasteiger partial charge is 0.444 e. The average Bonchev–Trinajstić information content (AvgIpc) is 2.76. The summed E-state index contributed by atoms with van der Waals surface area (Å²) in [4.78, 5) is 39.7. The Hall–Kier alpha value is -2.64. The summed E-state index contributed by atoms with van der Waals surface area (Å²) in [6.45, 7) is 9.20. The predicted molar refractivity (Wildman–Crippen MR) is 134 cm³/mol. The Balaban J connectivity index is 2.31. The molecule has 2 unspecified atom stereocenters. The molecule has 0 saturated heterocycles. The smallest absolute Gasteiger partial charge is 0.408 e. The number of rotatable bonds is 9. The van der Waals surface area contributed by atoms with E-state index in [1.54, 1.807) is 57.2 Å². The van der Waals surface area contributed by atoms with Gasteiger partial charge in [0.05, 0.1) is 11.5 Å². The van der Waals surface area contributed by atoms with Crippen LogP contribution >= 0.6 is 11.6 Å². The third-order valence-electron chi connectivity index (χ3n) is 5.64. The molecule has 1 aliphatic carbocycles. The Labute approximate surface area is 207 Å². The average molecular weight is 490 g/mol. The number of hydrogen-bond donors (Lipinski definition) is 3. The maximum atomic E-state index is 13.6. The van der Waals surface area contributed by atoms with Crippen molar-refractivity contribution in [3.8, 4) is 0 Å². The Morgan fingerprint density at radius 1 is 1.15 bits per heavy atom. The van der Waals surface area contributed by atoms with Gasteiger partial charge >= 0.3 is 6.09 Å². The summed E-state index contributed by atoms with van der Waals surface area (Å²) in [6.07, 6.45) is 6.99. The van der Waals surface area contributed by atoms with Gasteiger partial charge in [-0.15, -0.1) is 0 Å². The molecule has 4 N–H and O–H groups in total. The monoisotopic (exact) mass is 489 g/mol. The summed E-state index contributed by atoms with van der Waals surface area (Å²) in [6, 6.07) is 5.32. The van der Waals surface area contributed by atoms with E-state index in [1.165, 1.54) is 0 Å². The number of ketones is 1. The Kier molecular flexibility index (Phi) is 9.47. The van der Waals surface area contributed by atoms with Crippen LogP contribution in [0.4, 0.5) is 4.79 Å². The van der Waals surface area contributed by atoms with Crippen LogP contribution in [0.15, 0.2) is 48.6 Å². The minimum atomic E-state index is -1.33. The second kappa shape index (κ2) is 11.7. The zero-order chi connectivity index (χ0) is 25.5. The highest BCUT2D eigenvalue weighted by Crippen LogP contribution is 2.35. The zero-order valence-corrected chi connectivity index (χ0v) is 21.3. The highest BCUT2D eigenvalue weighted by Gasteiger charge is 2.50. The van der Waals surface area contributed by atoms with E-state index < -0.39 is 35.1 Å². The molecule has 1 aliphatic rings. The van der Waals surface area contributed by atoms with Crippen LogP contribution in [0.1, 0.15) is 46.6 Å². The van der Waals surface area contributed by atoms with Gasteiger partial charge in [-0.05, 0) is 57.2 Å². The number of benzene rings is 1. The number of halogens is 1. The molecule has 0 radical (unpaired) electrons. The molecule has 0 saturated carbocycles. The number of alkyl carbamates (subject to hydrolysis) is 1. The van der Waals surface area contributed by atoms with Crippen LogP contribution in [0.2, 0.25) is 5.02 Å². The summed E-state index contributed by atoms with van der Waals surface area (Å²) < 4.78 is 5.40. The van der Waals surface area contributed by atoms with Gasteiger partial charge in [0.1, 0.15) is 11.6 Å². The molecular weight excluding hydrogens is 454 g/mol. The minimum absolute atomic E-state index is 0.140. The van der Waals surface area contributed by atoms with Gasteiger partial charge in [-0.2, -0.15) is 0 Å². The van der Waals surface area contributed by atoms with Crippen LogP contribution in [-0.2, 0) is 20.7 Å². The summed E-state index contributed by atoms with van der Waals surface area (Å²) in [5, 5.41) is 6.16. The van der Waals surface area contributed by atoms with Crippen molar-refractivity contribution in [1.82, 2.24) is 10.6 Å². The van der Waals surface area contributed by atoms with Crippen LogP contribution in [0.25, 0.3) is 0 Å². The first-order valence-corrected chi connectivity index (χ1v) is 11.9. The number of hydrogen-bond acceptors (Lipinski definition) is 5. The van der Waals surface area contributed by atoms with Gasteiger partial charge in [0.2, 0.25) is 5.91 Å². The topological polar surface area (TPSA) is 111 Å². The molecule has 2 rings (SSSR count). The van der Waals surface area contributed by atoms with E-state index in [2.05, 4.69) is 10.6 Å². The molecule has 3 atom stereocenters. The zero-order valence-electron chi connectivity index (χ0n) is 20.6. The van der Waals surface area contributed by atoms with Crippen LogP contribution in [0, 0.1) is 11.3 Å². The van der Waals surface area contributed by atoms with Gasteiger partial charge in [-0.1, -0.05) is 61.9 Å². The van der Waals surface area contributed by atoms with E-state index in [0.717, 1.165) is 5.56 Å². The maximum absolute atomic E-state index is 13.6. The fourth-order valence-electron chi connectivity index (χ4n) is 3.73. The van der Waals surface area contributed by atoms with Crippen LogP contribution in [0.3, 0.4) is 0 Å². The molecule has 7 nitrogen and oxygen atoms in total. The van der Waals surface area contributed by atoms with Crippen molar-refractivity contribution in [2.75, 3.05) is 6.54 Å². The van der Waals surface area contributed by atoms with Crippen molar-refractivity contribution in [2.45, 2.75) is 65.1 Å². The second-order valence-corrected chi connectivity index (χ2v) is 10.3. The Bertz CT molecular complexity index is 934. The summed E-state index contributed by atoms with van der Waals surface area (Å²) >= 11 is 5.93. The first kappa shape index (κ1) is 27.6. The third-order valence-corrected chi connectivity index (χ3v) is 5.89. The molecular formula is C26H36ClN3O4. The molecule has 1 aromatic carbocycles. The van der Waals surface area contributed by atoms with Crippen LogP contribution < -0.4 is 16.4 Å². The number of nitrogens with one attached hydrogen (secondary N) is 2. The highest BCUT2D eigenvalue weighted by atomic mass is 35.5. The highest BCUT2D eigenvalue weighted by molar-refractivity contribution is 6.30. The normalized spacial score (nSPS) is 19.4. The fraction of sp³-hybridized carbons (Fsp3) is 0.500. The third kappa shape index (κ3) is 7.43. The number of nitrogens with two attached hydrogens (primary N) is 1. The van der Waals surface area contributed by atoms with Crippen molar-refractivity contribution in [2.24, 2.45) is 17.1 Å². The molecule has 0 fully saturated rings. The van der Waals surface area contributed by atoms with Gasteiger partial charge in [0.25, 0.3) is 0 Å². The standard InChI is InChI=1S/C26H36ClN3O4/c1-17(2)20(28)22(31)26(14-7-6-8-15-26)21(30-24(33)34-25(3,4)5)23(32)29-16-13-18-9-11-19(27)12-10-18/h6-12,14,17,20-21H,13,15-16,28H2,1-5H3,(H,29,32)(H,30,33)/t20-,21?,26?/m0/s1. The summed E-state index contributed by atoms with van der Waals surface area (Å²) in [7, 11) is 0. The van der Waals surface area contributed by atoms with Crippen molar-refractivity contribution < 1.29 is 19.1 Å². The van der Waals surface area contributed by atoms with E-state index in [1.807, 2.05) is 26.0 Å². The lowest BCUT2D eigenvalue weighted by atomic mass is 9.68. The molecule has 0 aromatic heterocycles. The van der Waals surface area contributed by atoms with E-state index in [0.29, 0.717) is 18.0 Å². The molecule has 0 spiro atoms. The quantitative estimate of drug-likeness (QED) is 0.486. The number of carbonyl (C=O) groups excluding carboxylic acids is 3. The number of amides is 2. The van der Waals surface area contributed by atoms with Gasteiger partial charge in [0.15, 0.2) is 5.78 Å². The summed E-state index contributed by atoms with van der Waals surface area (Å²) in [5.74, 6) is -0.931. The van der Waals surface area contributed by atoms with Crippen LogP contribution in [-0.4, -0.2) is 42.0 Å². The SMILES string of the molecule is CC(C)[C@H](N)C(=O)C1(C(NC(=O)OC(C)(C)C)C(=O)NCCc2ccc(Cl)cc2)C=CC=CC1. The van der Waals surface area contributed by atoms with Gasteiger partial charge < -0.3 is 21.1 Å². The van der Waals surface area contributed by atoms with Crippen molar-refractivity contribution in [3.63, 3.8) is 0 Å². The Morgan fingerprint density at radius 2 is 1.79 bits per heavy atom. The molecule has 8 heteroatoms. The first-order valence-electron chi connectivity index (χ1n) is 11.5. The first-order chi connectivity index (χ1) is 15.9. The molecule has 34 heavy (non-hydrogen) atoms. The minimum Gasteiger partial charge on any atom is -0.444 e. The lowest BCUT2D eigenvalue weighted by Gasteiger charge is -2.39. The van der Waals surface area contributed by atoms with E-state index in [4.69, 9.17) is 22.1 Å². The summed E-state index contributed by atoms with van der Waals surface area (Å²) in [5.41, 5.74) is 5.13. The molecule has 0 bridgehead atoms. The van der Waals surface area contributed by atoms with Gasteiger partial charge in [0, 0.05) is 11.6 Å². The molecule has 0 heterocycles. The fourth-order valence-corrected chi connectivity index (χ4v) is 3.85. The van der Waals surface area contributed by atoms with Crippen molar-refractivity contribution in [3.05, 3.63) is 59.2 Å². The van der Waals surface area contributed by atoms with Crippen LogP contribution in [0.5, 0.6) is 0 Å². The lowest BCUT2D eigenvalue weighted by Crippen LogP contribution is -2.62. The second-order valence-electron chi connectivity index (χ2n) is 9.91. The van der Waals surface area contributed by atoms with E-state index >= 15 is 0 Å². The van der Waals surface area contributed by atoms with E-state index in [9.17, 15) is 14.4 Å². The Morgan fingerprint density at radius 3 is 2.32 bits per heavy atom. The van der Waals surface area contributed by atoms with E-state index in [-0.39, 0.29) is 18.1 Å². The molecule has 186 valence electrons. The lowest BCUT2D eigenvalue weighted by molar-refractivity contribution is -0.136. The molecule has 0 aliphatic heterocycles. The number of Topliss-reactive ketones (excluding diaryl/α,β-unsaturated/α-hetero) is 1. The number of ether oxygens (including phenoxy) is 1. The van der Waals surface area contributed by atoms with Gasteiger partial charge in [-0.3, -0.25) is 9.59 Å². The van der Waals surface area contributed by atoms with Crippen molar-refractivity contribution >= 4 is 29.4 Å². The molecule has 2 amide bonds. The predicted octanol–water partition coefficient (Wildman–Crippen LogP) is 3.95. The van der Waals surface area contributed by atoms with Gasteiger partial charge in [-0.25, -0.2) is 4.79 Å². The molecule has 1 aromatic rings. The maximum Gasteiger partial charge on any atom is 0.408 e. The number of carbonyl (C=O) groups is 3.